The molecule has 3 heterocycles. The van der Waals surface area contributed by atoms with Gasteiger partial charge in [0.2, 0.25) is 0 Å². The summed E-state index contributed by atoms with van der Waals surface area (Å²) in [5.74, 6) is 2.60. The third kappa shape index (κ3) is 4.01. The van der Waals surface area contributed by atoms with Crippen LogP contribution in [0.4, 0.5) is 0 Å². The van der Waals surface area contributed by atoms with Gasteiger partial charge in [0.1, 0.15) is 18.9 Å². The van der Waals surface area contributed by atoms with Crippen molar-refractivity contribution in [3.05, 3.63) is 53.7 Å². The number of rotatable bonds is 4. The highest BCUT2D eigenvalue weighted by atomic mass is 16.6. The largest absolute Gasteiger partial charge is 0.490 e. The van der Waals surface area contributed by atoms with Gasteiger partial charge in [0.15, 0.2) is 23.0 Å². The summed E-state index contributed by atoms with van der Waals surface area (Å²) in [4.78, 5) is 13.0. The highest BCUT2D eigenvalue weighted by molar-refractivity contribution is 5.99. The Bertz CT molecular complexity index is 1120. The van der Waals surface area contributed by atoms with Crippen LogP contribution in [0.5, 0.6) is 23.0 Å². The van der Waals surface area contributed by atoms with Gasteiger partial charge < -0.3 is 24.3 Å². The van der Waals surface area contributed by atoms with E-state index in [9.17, 15) is 4.79 Å². The minimum atomic E-state index is -0.204. The molecule has 8 heteroatoms. The molecular formula is C23H23N3O5. The molecule has 1 amide bonds. The number of nitrogens with one attached hydrogen (secondary N) is 1. The fraction of sp³-hybridized carbons (Fsp3) is 0.304. The number of carbonyl (C=O) groups excluding carboxylic acids is 1. The van der Waals surface area contributed by atoms with Crippen LogP contribution in [0, 0.1) is 0 Å². The molecule has 8 nitrogen and oxygen atoms in total. The zero-order valence-corrected chi connectivity index (χ0v) is 17.2. The van der Waals surface area contributed by atoms with E-state index >= 15 is 0 Å². The first kappa shape index (κ1) is 19.3. The van der Waals surface area contributed by atoms with Gasteiger partial charge in [0.25, 0.3) is 5.91 Å². The van der Waals surface area contributed by atoms with Gasteiger partial charge in [0.05, 0.1) is 18.8 Å². The molecule has 2 aliphatic rings. The molecule has 0 unspecified atom stereocenters. The van der Waals surface area contributed by atoms with Crippen molar-refractivity contribution in [2.45, 2.75) is 13.0 Å². The molecule has 0 saturated heterocycles. The minimum Gasteiger partial charge on any atom is -0.490 e. The summed E-state index contributed by atoms with van der Waals surface area (Å²) >= 11 is 0. The molecule has 31 heavy (non-hydrogen) atoms. The lowest BCUT2D eigenvalue weighted by Crippen LogP contribution is -2.23. The number of carbonyl (C=O) groups is 1. The van der Waals surface area contributed by atoms with Crippen LogP contribution in [0.25, 0.3) is 11.3 Å². The predicted molar refractivity (Wildman–Crippen MR) is 113 cm³/mol. The van der Waals surface area contributed by atoms with Gasteiger partial charge in [-0.2, -0.15) is 5.10 Å². The van der Waals surface area contributed by atoms with Crippen molar-refractivity contribution in [2.24, 2.45) is 7.05 Å². The van der Waals surface area contributed by atoms with E-state index in [0.717, 1.165) is 23.3 Å². The smallest absolute Gasteiger partial charge is 0.255 e. The zero-order chi connectivity index (χ0) is 21.2. The number of ether oxygens (including phenoxy) is 4. The second kappa shape index (κ2) is 8.22. The first-order valence-electron chi connectivity index (χ1n) is 10.3. The molecule has 1 aromatic heterocycles. The molecule has 0 atom stereocenters. The summed E-state index contributed by atoms with van der Waals surface area (Å²) < 4.78 is 24.3. The van der Waals surface area contributed by atoms with Gasteiger partial charge in [0, 0.05) is 31.8 Å². The van der Waals surface area contributed by atoms with Crippen LogP contribution in [-0.4, -0.2) is 42.1 Å². The number of amides is 1. The summed E-state index contributed by atoms with van der Waals surface area (Å²) in [5.41, 5.74) is 2.82. The van der Waals surface area contributed by atoms with Crippen LogP contribution in [-0.2, 0) is 13.6 Å². The van der Waals surface area contributed by atoms with E-state index in [1.165, 1.54) is 0 Å². The highest BCUT2D eigenvalue weighted by Crippen LogP contribution is 2.35. The van der Waals surface area contributed by atoms with E-state index in [4.69, 9.17) is 18.9 Å². The number of aryl methyl sites for hydroxylation is 1. The molecule has 0 bridgehead atoms. The second-order valence-corrected chi connectivity index (χ2v) is 7.44. The van der Waals surface area contributed by atoms with Crippen LogP contribution >= 0.6 is 0 Å². The number of fused-ring (bicyclic) bond motifs is 2. The van der Waals surface area contributed by atoms with Crippen molar-refractivity contribution in [1.82, 2.24) is 15.1 Å². The molecule has 160 valence electrons. The Balaban J connectivity index is 1.35. The molecule has 0 fully saturated rings. The Morgan fingerprint density at radius 3 is 2.45 bits per heavy atom. The van der Waals surface area contributed by atoms with Crippen molar-refractivity contribution in [1.29, 1.82) is 0 Å². The Morgan fingerprint density at radius 2 is 1.61 bits per heavy atom. The monoisotopic (exact) mass is 421 g/mol. The van der Waals surface area contributed by atoms with Crippen LogP contribution in [0.15, 0.2) is 42.6 Å². The van der Waals surface area contributed by atoms with Gasteiger partial charge in [-0.1, -0.05) is 6.07 Å². The van der Waals surface area contributed by atoms with E-state index in [2.05, 4.69) is 10.4 Å². The number of nitrogens with zero attached hydrogens (tertiary/aromatic N) is 2. The van der Waals surface area contributed by atoms with Gasteiger partial charge >= 0.3 is 0 Å². The predicted octanol–water partition coefficient (Wildman–Crippen LogP) is 2.95. The topological polar surface area (TPSA) is 83.8 Å². The van der Waals surface area contributed by atoms with Crippen molar-refractivity contribution >= 4 is 5.91 Å². The lowest BCUT2D eigenvalue weighted by atomic mass is 10.1. The summed E-state index contributed by atoms with van der Waals surface area (Å²) in [7, 11) is 1.80. The first-order chi connectivity index (χ1) is 15.2. The number of hydrogen-bond acceptors (Lipinski definition) is 6. The molecule has 0 saturated carbocycles. The van der Waals surface area contributed by atoms with Crippen LogP contribution in [0.1, 0.15) is 22.3 Å². The van der Waals surface area contributed by atoms with Gasteiger partial charge in [-0.3, -0.25) is 9.48 Å². The van der Waals surface area contributed by atoms with Crippen LogP contribution < -0.4 is 24.3 Å². The van der Waals surface area contributed by atoms with Crippen molar-refractivity contribution < 1.29 is 23.7 Å². The Labute approximate surface area is 179 Å². The van der Waals surface area contributed by atoms with Crippen LogP contribution in [0.2, 0.25) is 0 Å². The lowest BCUT2D eigenvalue weighted by molar-refractivity contribution is 0.0951. The summed E-state index contributed by atoms with van der Waals surface area (Å²) in [6, 6.07) is 11.3. The average molecular weight is 421 g/mol. The zero-order valence-electron chi connectivity index (χ0n) is 17.2. The molecular weight excluding hydrogens is 398 g/mol. The van der Waals surface area contributed by atoms with Gasteiger partial charge in [-0.05, 0) is 35.9 Å². The van der Waals surface area contributed by atoms with Crippen LogP contribution in [0.3, 0.4) is 0 Å². The Morgan fingerprint density at radius 1 is 0.935 bits per heavy atom. The molecule has 0 radical (unpaired) electrons. The van der Waals surface area contributed by atoms with E-state index < -0.39 is 0 Å². The minimum absolute atomic E-state index is 0.204. The standard InChI is InChI=1S/C23H23N3O5/c1-26-14-17(22(25-26)16-4-6-19-21(12-16)29-8-2-7-28-19)23(27)24-13-15-3-5-18-20(11-15)31-10-9-30-18/h3-6,11-12,14H,2,7-10,13H2,1H3,(H,24,27). The van der Waals surface area contributed by atoms with Crippen molar-refractivity contribution in [3.63, 3.8) is 0 Å². The van der Waals surface area contributed by atoms with E-state index in [1.807, 2.05) is 36.4 Å². The molecule has 0 aliphatic carbocycles. The summed E-state index contributed by atoms with van der Waals surface area (Å²) in [6.45, 7) is 2.67. The van der Waals surface area contributed by atoms with Gasteiger partial charge in [-0.15, -0.1) is 0 Å². The normalized spacial score (nSPS) is 14.6. The highest BCUT2D eigenvalue weighted by Gasteiger charge is 2.20. The van der Waals surface area contributed by atoms with Gasteiger partial charge in [-0.25, -0.2) is 0 Å². The maximum absolute atomic E-state index is 13.0. The summed E-state index contributed by atoms with van der Waals surface area (Å²) in [6.07, 6.45) is 2.55. The van der Waals surface area contributed by atoms with E-state index in [0.29, 0.717) is 61.5 Å². The quantitative estimate of drug-likeness (QED) is 0.697. The SMILES string of the molecule is Cn1cc(C(=O)NCc2ccc3c(c2)OCCO3)c(-c2ccc3c(c2)OCCCO3)n1. The Kier molecular flexibility index (Phi) is 5.11. The number of aromatic nitrogens is 2. The molecule has 0 spiro atoms. The second-order valence-electron chi connectivity index (χ2n) is 7.44. The number of benzene rings is 2. The fourth-order valence-corrected chi connectivity index (χ4v) is 3.65. The lowest BCUT2D eigenvalue weighted by Gasteiger charge is -2.19. The van der Waals surface area contributed by atoms with Crippen molar-refractivity contribution in [3.8, 4) is 34.3 Å². The fourth-order valence-electron chi connectivity index (χ4n) is 3.65. The van der Waals surface area contributed by atoms with E-state index in [1.54, 1.807) is 17.9 Å². The molecule has 1 N–H and O–H groups in total. The molecule has 5 rings (SSSR count). The molecule has 2 aliphatic heterocycles. The maximum Gasteiger partial charge on any atom is 0.255 e. The average Bonchev–Trinajstić information content (AvgIpc) is 3.03. The third-order valence-corrected chi connectivity index (χ3v) is 5.15. The van der Waals surface area contributed by atoms with Crippen molar-refractivity contribution in [2.75, 3.05) is 26.4 Å². The molecule has 2 aromatic carbocycles. The van der Waals surface area contributed by atoms with E-state index in [-0.39, 0.29) is 5.91 Å². The Hall–Kier alpha value is -3.68. The summed E-state index contributed by atoms with van der Waals surface area (Å²) in [5, 5.41) is 7.48. The molecule has 3 aromatic rings. The maximum atomic E-state index is 13.0. The third-order valence-electron chi connectivity index (χ3n) is 5.15. The first-order valence-corrected chi connectivity index (χ1v) is 10.3. The number of hydrogen-bond donors (Lipinski definition) is 1.